The molecule has 0 bridgehead atoms. The molecule has 0 radical (unpaired) electrons. The van der Waals surface area contributed by atoms with Crippen LogP contribution in [-0.4, -0.2) is 38.1 Å². The van der Waals surface area contributed by atoms with Gasteiger partial charge in [0.1, 0.15) is 18.2 Å². The SMILES string of the molecule is CC1c2c(cc(F)c(Cl)c2-c2c(C(N)=O)ccc(OC[C@H](C)O[C@H]3CCCCO3)c2F)OC1(CNCc1ccccc1)c1ccccc1. The topological polar surface area (TPSA) is 92.0 Å². The van der Waals surface area contributed by atoms with Crippen LogP contribution in [0.3, 0.4) is 0 Å². The van der Waals surface area contributed by atoms with Gasteiger partial charge in [0.05, 0.1) is 16.7 Å². The number of amides is 1. The fourth-order valence-electron chi connectivity index (χ4n) is 6.64. The molecule has 0 aromatic heterocycles. The zero-order valence-corrected chi connectivity index (χ0v) is 27.7. The van der Waals surface area contributed by atoms with Gasteiger partial charge in [0.2, 0.25) is 5.91 Å². The maximum Gasteiger partial charge on any atom is 0.249 e. The van der Waals surface area contributed by atoms with Crippen LogP contribution in [0.2, 0.25) is 5.02 Å². The van der Waals surface area contributed by atoms with Crippen LogP contribution in [0, 0.1) is 11.6 Å². The molecule has 4 aromatic rings. The number of rotatable bonds is 12. The number of primary amides is 1. The van der Waals surface area contributed by atoms with Gasteiger partial charge in [-0.1, -0.05) is 79.2 Å². The number of hydrogen-bond donors (Lipinski definition) is 2. The van der Waals surface area contributed by atoms with Crippen molar-refractivity contribution in [3.8, 4) is 22.6 Å². The molecule has 4 atom stereocenters. The minimum absolute atomic E-state index is 0.00307. The highest BCUT2D eigenvalue weighted by molar-refractivity contribution is 6.34. The van der Waals surface area contributed by atoms with Gasteiger partial charge >= 0.3 is 0 Å². The van der Waals surface area contributed by atoms with Crippen molar-refractivity contribution in [1.82, 2.24) is 5.32 Å². The molecule has 2 aliphatic rings. The summed E-state index contributed by atoms with van der Waals surface area (Å²) in [4.78, 5) is 12.8. The van der Waals surface area contributed by atoms with Crippen molar-refractivity contribution in [2.75, 3.05) is 19.8 Å². The van der Waals surface area contributed by atoms with E-state index >= 15 is 8.78 Å². The first-order valence-corrected chi connectivity index (χ1v) is 16.6. The maximum absolute atomic E-state index is 16.7. The molecule has 1 fully saturated rings. The third-order valence-corrected chi connectivity index (χ3v) is 9.46. The molecule has 252 valence electrons. The van der Waals surface area contributed by atoms with Crippen LogP contribution < -0.4 is 20.5 Å². The van der Waals surface area contributed by atoms with Crippen LogP contribution in [-0.2, 0) is 21.6 Å². The predicted molar refractivity (Wildman–Crippen MR) is 180 cm³/mol. The lowest BCUT2D eigenvalue weighted by atomic mass is 9.77. The Labute approximate surface area is 284 Å². The number of carbonyl (C=O) groups excluding carboxylic acids is 1. The van der Waals surface area contributed by atoms with Crippen molar-refractivity contribution in [2.24, 2.45) is 5.73 Å². The largest absolute Gasteiger partial charge is 0.488 e. The minimum Gasteiger partial charge on any atom is -0.488 e. The van der Waals surface area contributed by atoms with Crippen LogP contribution in [0.4, 0.5) is 8.78 Å². The number of ether oxygens (including phenoxy) is 4. The summed E-state index contributed by atoms with van der Waals surface area (Å²) < 4.78 is 56.5. The summed E-state index contributed by atoms with van der Waals surface area (Å²) in [5, 5.41) is 3.15. The lowest BCUT2D eigenvalue weighted by molar-refractivity contribution is -0.189. The average molecular weight is 677 g/mol. The molecular weight excluding hydrogens is 638 g/mol. The summed E-state index contributed by atoms with van der Waals surface area (Å²) in [6, 6.07) is 23.4. The van der Waals surface area contributed by atoms with Crippen LogP contribution in [0.25, 0.3) is 11.1 Å². The highest BCUT2D eigenvalue weighted by Gasteiger charge is 2.50. The van der Waals surface area contributed by atoms with E-state index in [-0.39, 0.29) is 46.1 Å². The van der Waals surface area contributed by atoms with Crippen molar-refractivity contribution in [2.45, 2.75) is 63.6 Å². The highest BCUT2D eigenvalue weighted by atomic mass is 35.5. The second-order valence-electron chi connectivity index (χ2n) is 12.3. The van der Waals surface area contributed by atoms with Crippen molar-refractivity contribution < 1.29 is 32.5 Å². The average Bonchev–Trinajstić information content (AvgIpc) is 3.37. The van der Waals surface area contributed by atoms with E-state index in [0.29, 0.717) is 25.3 Å². The Morgan fingerprint density at radius 3 is 2.48 bits per heavy atom. The van der Waals surface area contributed by atoms with E-state index in [1.807, 2.05) is 67.6 Å². The monoisotopic (exact) mass is 676 g/mol. The summed E-state index contributed by atoms with van der Waals surface area (Å²) in [5.41, 5.74) is 6.69. The van der Waals surface area contributed by atoms with Crippen LogP contribution >= 0.6 is 11.6 Å². The Hall–Kier alpha value is -4.02. The summed E-state index contributed by atoms with van der Waals surface area (Å²) in [5.74, 6) is -3.07. The third kappa shape index (κ3) is 6.78. The van der Waals surface area contributed by atoms with Crippen molar-refractivity contribution in [1.29, 1.82) is 0 Å². The van der Waals surface area contributed by atoms with Gasteiger partial charge in [0.15, 0.2) is 23.5 Å². The Morgan fingerprint density at radius 2 is 1.79 bits per heavy atom. The molecule has 2 unspecified atom stereocenters. The quantitative estimate of drug-likeness (QED) is 0.159. The Bertz CT molecular complexity index is 1750. The number of hydrogen-bond acceptors (Lipinski definition) is 6. The standard InChI is InChI=1S/C38H39ClF2N2O5/c1-23(47-31-15-9-10-18-45-31)21-46-29-17-16-27(37(42)44)33(36(29)41)34-32-24(2)38(26-13-7-4-8-14-26,48-30(32)19-28(40)35(34)39)22-43-20-25-11-5-3-6-12-25/h3-8,11-14,16-17,19,23-24,31,43H,9-10,15,18,20-22H2,1-2H3,(H2,42,44)/t23-,24?,31-,38?/m0/s1. The second kappa shape index (κ2) is 14.6. The van der Waals surface area contributed by atoms with Gasteiger partial charge in [0, 0.05) is 48.4 Å². The smallest absolute Gasteiger partial charge is 0.249 e. The molecule has 3 N–H and O–H groups in total. The van der Waals surface area contributed by atoms with E-state index in [1.165, 1.54) is 18.2 Å². The molecule has 2 aliphatic heterocycles. The first kappa shape index (κ1) is 33.9. The van der Waals surface area contributed by atoms with Gasteiger partial charge < -0.3 is 30.0 Å². The summed E-state index contributed by atoms with van der Waals surface area (Å²) in [6.45, 7) is 5.25. The molecule has 10 heteroatoms. The fourth-order valence-corrected chi connectivity index (χ4v) is 6.90. The number of carbonyl (C=O) groups is 1. The molecule has 6 rings (SSSR count). The molecule has 0 aliphatic carbocycles. The molecule has 1 amide bonds. The third-order valence-electron chi connectivity index (χ3n) is 9.09. The fraction of sp³-hybridized carbons (Fsp3) is 0.342. The van der Waals surface area contributed by atoms with Gasteiger partial charge in [-0.05, 0) is 49.4 Å². The zero-order chi connectivity index (χ0) is 33.8. The summed E-state index contributed by atoms with van der Waals surface area (Å²) >= 11 is 6.70. The predicted octanol–water partition coefficient (Wildman–Crippen LogP) is 7.88. The van der Waals surface area contributed by atoms with Gasteiger partial charge in [-0.3, -0.25) is 4.79 Å². The van der Waals surface area contributed by atoms with Crippen LogP contribution in [0.15, 0.2) is 78.9 Å². The highest BCUT2D eigenvalue weighted by Crippen LogP contribution is 2.56. The van der Waals surface area contributed by atoms with Crippen LogP contribution in [0.5, 0.6) is 11.5 Å². The van der Waals surface area contributed by atoms with E-state index in [1.54, 1.807) is 6.92 Å². The van der Waals surface area contributed by atoms with E-state index < -0.39 is 35.2 Å². The summed E-state index contributed by atoms with van der Waals surface area (Å²) in [6.07, 6.45) is 1.98. The Kier molecular flexibility index (Phi) is 10.3. The second-order valence-corrected chi connectivity index (χ2v) is 12.7. The first-order chi connectivity index (χ1) is 23.2. The molecule has 2 heterocycles. The molecular formula is C38H39ClF2N2O5. The van der Waals surface area contributed by atoms with Gasteiger partial charge in [-0.15, -0.1) is 0 Å². The van der Waals surface area contributed by atoms with Gasteiger partial charge in [0.25, 0.3) is 0 Å². The van der Waals surface area contributed by atoms with Crippen molar-refractivity contribution in [3.63, 3.8) is 0 Å². The summed E-state index contributed by atoms with van der Waals surface area (Å²) in [7, 11) is 0. The molecule has 1 saturated heterocycles. The van der Waals surface area contributed by atoms with Crippen molar-refractivity contribution in [3.05, 3.63) is 118 Å². The van der Waals surface area contributed by atoms with Crippen LogP contribution in [0.1, 0.15) is 66.1 Å². The lowest BCUT2D eigenvalue weighted by Crippen LogP contribution is -2.44. The van der Waals surface area contributed by atoms with Gasteiger partial charge in [-0.2, -0.15) is 0 Å². The maximum atomic E-state index is 16.7. The van der Waals surface area contributed by atoms with Crippen molar-refractivity contribution >= 4 is 17.5 Å². The van der Waals surface area contributed by atoms with E-state index in [9.17, 15) is 4.79 Å². The Balaban J connectivity index is 1.39. The number of nitrogens with one attached hydrogen (secondary N) is 1. The molecule has 7 nitrogen and oxygen atoms in total. The zero-order valence-electron chi connectivity index (χ0n) is 26.9. The van der Waals surface area contributed by atoms with Gasteiger partial charge in [-0.25, -0.2) is 8.78 Å². The first-order valence-electron chi connectivity index (χ1n) is 16.2. The number of halogens is 3. The van der Waals surface area contributed by atoms with E-state index in [0.717, 1.165) is 30.4 Å². The van der Waals surface area contributed by atoms with E-state index in [4.69, 9.17) is 36.3 Å². The molecule has 48 heavy (non-hydrogen) atoms. The number of nitrogens with two attached hydrogens (primary N) is 1. The minimum atomic E-state index is -1.03. The molecule has 0 spiro atoms. The normalized spacial score (nSPS) is 20.9. The molecule has 4 aromatic carbocycles. The number of benzene rings is 4. The van der Waals surface area contributed by atoms with E-state index in [2.05, 4.69) is 5.32 Å². The Morgan fingerprint density at radius 1 is 1.06 bits per heavy atom. The number of fused-ring (bicyclic) bond motifs is 1. The lowest BCUT2D eigenvalue weighted by Gasteiger charge is -2.34. The molecule has 0 saturated carbocycles.